The molecule has 2 unspecified atom stereocenters. The number of nitrogens with zero attached hydrogens (tertiary/aromatic N) is 2. The predicted octanol–water partition coefficient (Wildman–Crippen LogP) is 5.24. The van der Waals surface area contributed by atoms with Gasteiger partial charge in [-0.05, 0) is 40.8 Å². The Labute approximate surface area is 213 Å². The maximum absolute atomic E-state index is 13.4. The largest absolute Gasteiger partial charge is 0.481 e. The predicted molar refractivity (Wildman–Crippen MR) is 140 cm³/mol. The Hall–Kier alpha value is -3.71. The molecular formula is C29H34N2O5. The summed E-state index contributed by atoms with van der Waals surface area (Å²) in [5.74, 6) is -0.0727. The Bertz CT molecular complexity index is 1150. The molecule has 190 valence electrons. The molecule has 2 aromatic carbocycles. The molecule has 0 aliphatic heterocycles. The van der Waals surface area contributed by atoms with Crippen LogP contribution in [0.25, 0.3) is 11.1 Å². The number of carbonyl (C=O) groups is 2. The molecule has 7 nitrogen and oxygen atoms in total. The third kappa shape index (κ3) is 6.92. The van der Waals surface area contributed by atoms with Crippen molar-refractivity contribution in [2.75, 3.05) is 32.8 Å². The van der Waals surface area contributed by atoms with Crippen LogP contribution >= 0.6 is 0 Å². The zero-order valence-corrected chi connectivity index (χ0v) is 21.6. The van der Waals surface area contributed by atoms with Gasteiger partial charge in [0.1, 0.15) is 0 Å². The van der Waals surface area contributed by atoms with E-state index in [1.165, 1.54) is 7.11 Å². The van der Waals surface area contributed by atoms with E-state index in [-0.39, 0.29) is 30.1 Å². The molecule has 7 heteroatoms. The SMILES string of the molecule is COCC(C)C(=O)N(Cc1ccc(-c2ccc(OC)nc2)cc1)c1cccc(C(C)CC(=O)OC)c1. The van der Waals surface area contributed by atoms with Gasteiger partial charge in [-0.25, -0.2) is 4.98 Å². The third-order valence-corrected chi connectivity index (χ3v) is 6.13. The molecule has 0 N–H and O–H groups in total. The van der Waals surface area contributed by atoms with Crippen LogP contribution in [0.15, 0.2) is 66.9 Å². The van der Waals surface area contributed by atoms with Crippen LogP contribution in [0.1, 0.15) is 37.3 Å². The number of methoxy groups -OCH3 is 3. The highest BCUT2D eigenvalue weighted by molar-refractivity contribution is 5.95. The lowest BCUT2D eigenvalue weighted by Crippen LogP contribution is -2.36. The molecule has 1 aromatic heterocycles. The molecule has 0 saturated carbocycles. The summed E-state index contributed by atoms with van der Waals surface area (Å²) in [5.41, 5.74) is 4.75. The van der Waals surface area contributed by atoms with Gasteiger partial charge in [0.25, 0.3) is 0 Å². The second kappa shape index (κ2) is 12.8. The third-order valence-electron chi connectivity index (χ3n) is 6.13. The average Bonchev–Trinajstić information content (AvgIpc) is 2.91. The minimum absolute atomic E-state index is 0.0296. The number of rotatable bonds is 11. The van der Waals surface area contributed by atoms with E-state index in [0.717, 1.165) is 27.9 Å². The van der Waals surface area contributed by atoms with Crippen LogP contribution in [0.4, 0.5) is 5.69 Å². The lowest BCUT2D eigenvalue weighted by Gasteiger charge is -2.27. The van der Waals surface area contributed by atoms with E-state index < -0.39 is 0 Å². The van der Waals surface area contributed by atoms with Crippen molar-refractivity contribution in [2.24, 2.45) is 5.92 Å². The molecule has 0 saturated heterocycles. The summed E-state index contributed by atoms with van der Waals surface area (Å²) < 4.78 is 15.2. The first kappa shape index (κ1) is 26.9. The summed E-state index contributed by atoms with van der Waals surface area (Å²) >= 11 is 0. The number of hydrogen-bond donors (Lipinski definition) is 0. The van der Waals surface area contributed by atoms with Gasteiger partial charge in [0, 0.05) is 30.6 Å². The molecule has 1 heterocycles. The average molecular weight is 491 g/mol. The number of anilines is 1. The van der Waals surface area contributed by atoms with E-state index >= 15 is 0 Å². The molecule has 3 rings (SSSR count). The summed E-state index contributed by atoms with van der Waals surface area (Å²) in [7, 11) is 4.57. The first-order valence-electron chi connectivity index (χ1n) is 11.9. The molecular weight excluding hydrogens is 456 g/mol. The van der Waals surface area contributed by atoms with Crippen LogP contribution in [0, 0.1) is 5.92 Å². The highest BCUT2D eigenvalue weighted by Gasteiger charge is 2.23. The number of ether oxygens (including phenoxy) is 3. The van der Waals surface area contributed by atoms with E-state index in [0.29, 0.717) is 19.0 Å². The van der Waals surface area contributed by atoms with Crippen molar-refractivity contribution < 1.29 is 23.8 Å². The zero-order chi connectivity index (χ0) is 26.1. The van der Waals surface area contributed by atoms with Gasteiger partial charge >= 0.3 is 5.97 Å². The number of esters is 1. The molecule has 2 atom stereocenters. The van der Waals surface area contributed by atoms with E-state index in [2.05, 4.69) is 4.98 Å². The summed E-state index contributed by atoms with van der Waals surface area (Å²) in [6, 6.07) is 19.7. The van der Waals surface area contributed by atoms with Crippen LogP contribution < -0.4 is 9.64 Å². The monoisotopic (exact) mass is 490 g/mol. The summed E-state index contributed by atoms with van der Waals surface area (Å²) in [5, 5.41) is 0. The number of carbonyl (C=O) groups excluding carboxylic acids is 2. The summed E-state index contributed by atoms with van der Waals surface area (Å²) in [4.78, 5) is 31.3. The summed E-state index contributed by atoms with van der Waals surface area (Å²) in [6.07, 6.45) is 2.05. The standard InChI is InChI=1S/C29H34N2O5/c1-20(15-28(32)36-5)24-7-6-8-26(16-24)31(29(33)21(2)19-34-3)18-22-9-11-23(12-10-22)25-13-14-27(35-4)30-17-25/h6-14,16-17,20-21H,15,18-19H2,1-5H3. The fraction of sp³-hybridized carbons (Fsp3) is 0.345. The molecule has 0 radical (unpaired) electrons. The van der Waals surface area contributed by atoms with Gasteiger partial charge in [-0.15, -0.1) is 0 Å². The Morgan fingerprint density at radius 1 is 0.944 bits per heavy atom. The molecule has 0 bridgehead atoms. The fourth-order valence-electron chi connectivity index (χ4n) is 3.99. The smallest absolute Gasteiger partial charge is 0.306 e. The van der Waals surface area contributed by atoms with Gasteiger partial charge < -0.3 is 19.1 Å². The number of amides is 1. The van der Waals surface area contributed by atoms with E-state index in [1.54, 1.807) is 25.3 Å². The van der Waals surface area contributed by atoms with E-state index in [4.69, 9.17) is 14.2 Å². The maximum Gasteiger partial charge on any atom is 0.306 e. The maximum atomic E-state index is 13.4. The fourth-order valence-corrected chi connectivity index (χ4v) is 3.99. The molecule has 36 heavy (non-hydrogen) atoms. The van der Waals surface area contributed by atoms with Crippen molar-refractivity contribution in [3.63, 3.8) is 0 Å². The minimum Gasteiger partial charge on any atom is -0.481 e. The first-order chi connectivity index (χ1) is 17.4. The summed E-state index contributed by atoms with van der Waals surface area (Å²) in [6.45, 7) is 4.57. The Balaban J connectivity index is 1.87. The lowest BCUT2D eigenvalue weighted by atomic mass is 9.97. The number of benzene rings is 2. The molecule has 3 aromatic rings. The topological polar surface area (TPSA) is 78.0 Å². The first-order valence-corrected chi connectivity index (χ1v) is 11.9. The van der Waals surface area contributed by atoms with Crippen LogP contribution in [-0.2, 0) is 25.6 Å². The van der Waals surface area contributed by atoms with Crippen molar-refractivity contribution in [1.82, 2.24) is 4.98 Å². The second-order valence-electron chi connectivity index (χ2n) is 8.84. The van der Waals surface area contributed by atoms with Gasteiger partial charge in [0.2, 0.25) is 11.8 Å². The molecule has 1 amide bonds. The Morgan fingerprint density at radius 3 is 2.28 bits per heavy atom. The zero-order valence-electron chi connectivity index (χ0n) is 21.6. The van der Waals surface area contributed by atoms with Crippen LogP contribution in [0.5, 0.6) is 5.88 Å². The van der Waals surface area contributed by atoms with E-state index in [9.17, 15) is 9.59 Å². The minimum atomic E-state index is -0.309. The quantitative estimate of drug-likeness (QED) is 0.342. The van der Waals surface area contributed by atoms with Gasteiger partial charge in [0.05, 0.1) is 39.7 Å². The number of hydrogen-bond acceptors (Lipinski definition) is 6. The van der Waals surface area contributed by atoms with Crippen molar-refractivity contribution in [1.29, 1.82) is 0 Å². The lowest BCUT2D eigenvalue weighted by molar-refractivity contribution is -0.141. The van der Waals surface area contributed by atoms with Crippen molar-refractivity contribution in [3.05, 3.63) is 78.0 Å². The van der Waals surface area contributed by atoms with Gasteiger partial charge in [-0.1, -0.05) is 50.2 Å². The molecule has 0 aliphatic rings. The van der Waals surface area contributed by atoms with Gasteiger partial charge in [-0.3, -0.25) is 9.59 Å². The van der Waals surface area contributed by atoms with Crippen LogP contribution in [-0.4, -0.2) is 44.8 Å². The van der Waals surface area contributed by atoms with Crippen molar-refractivity contribution >= 4 is 17.6 Å². The molecule has 0 aliphatic carbocycles. The highest BCUT2D eigenvalue weighted by atomic mass is 16.5. The van der Waals surface area contributed by atoms with Gasteiger partial charge in [-0.2, -0.15) is 0 Å². The number of aromatic nitrogens is 1. The highest BCUT2D eigenvalue weighted by Crippen LogP contribution is 2.28. The van der Waals surface area contributed by atoms with Crippen LogP contribution in [0.2, 0.25) is 0 Å². The Morgan fingerprint density at radius 2 is 1.67 bits per heavy atom. The van der Waals surface area contributed by atoms with Gasteiger partial charge in [0.15, 0.2) is 0 Å². The second-order valence-corrected chi connectivity index (χ2v) is 8.84. The van der Waals surface area contributed by atoms with E-state index in [1.807, 2.05) is 74.5 Å². The van der Waals surface area contributed by atoms with Crippen molar-refractivity contribution in [2.45, 2.75) is 32.7 Å². The van der Waals surface area contributed by atoms with Crippen molar-refractivity contribution in [3.8, 4) is 17.0 Å². The Kier molecular flexibility index (Phi) is 9.59. The van der Waals surface area contributed by atoms with Crippen LogP contribution in [0.3, 0.4) is 0 Å². The normalized spacial score (nSPS) is 12.5. The number of pyridine rings is 1. The molecule has 0 fully saturated rings. The molecule has 0 spiro atoms.